The van der Waals surface area contributed by atoms with E-state index < -0.39 is 17.7 Å². The first-order valence-corrected chi connectivity index (χ1v) is 10.4. The molecule has 2 aromatic carbocycles. The number of hydrogen-bond acceptors (Lipinski definition) is 5. The Morgan fingerprint density at radius 2 is 1.74 bits per heavy atom. The van der Waals surface area contributed by atoms with E-state index in [0.29, 0.717) is 27.7 Å². The van der Waals surface area contributed by atoms with Crippen molar-refractivity contribution in [3.8, 4) is 5.75 Å². The number of halogens is 2. The highest BCUT2D eigenvalue weighted by molar-refractivity contribution is 9.10. The van der Waals surface area contributed by atoms with Gasteiger partial charge in [0.05, 0.1) is 18.7 Å². The number of rotatable bonds is 4. The molecule has 2 heterocycles. The van der Waals surface area contributed by atoms with Crippen LogP contribution in [0.2, 0.25) is 5.02 Å². The van der Waals surface area contributed by atoms with Crippen LogP contribution in [-0.4, -0.2) is 28.9 Å². The summed E-state index contributed by atoms with van der Waals surface area (Å²) in [7, 11) is 1.55. The minimum atomic E-state index is -0.866. The number of Topliss-reactive ketones (excluding diaryl/α,β-unsaturated/α-hetero) is 1. The van der Waals surface area contributed by atoms with Crippen molar-refractivity contribution in [2.75, 3.05) is 12.0 Å². The Balaban J connectivity index is 1.92. The molecule has 0 saturated carbocycles. The Bertz CT molecular complexity index is 1180. The lowest BCUT2D eigenvalue weighted by Gasteiger charge is -2.24. The number of aliphatic hydroxyl groups is 1. The van der Waals surface area contributed by atoms with E-state index in [0.717, 1.165) is 4.47 Å². The van der Waals surface area contributed by atoms with Crippen molar-refractivity contribution in [1.29, 1.82) is 0 Å². The summed E-state index contributed by atoms with van der Waals surface area (Å²) in [6, 6.07) is 15.8. The fourth-order valence-electron chi connectivity index (χ4n) is 3.44. The van der Waals surface area contributed by atoms with Crippen molar-refractivity contribution in [2.45, 2.75) is 6.04 Å². The van der Waals surface area contributed by atoms with Gasteiger partial charge in [0.15, 0.2) is 0 Å². The molecule has 31 heavy (non-hydrogen) atoms. The molecule has 3 aromatic rings. The maximum atomic E-state index is 13.0. The second kappa shape index (κ2) is 8.53. The number of aliphatic hydroxyl groups excluding tert-OH is 1. The first-order valence-electron chi connectivity index (χ1n) is 9.23. The average Bonchev–Trinajstić information content (AvgIpc) is 3.05. The van der Waals surface area contributed by atoms with Gasteiger partial charge in [0.1, 0.15) is 17.3 Å². The van der Waals surface area contributed by atoms with Gasteiger partial charge in [-0.3, -0.25) is 14.5 Å². The molecule has 1 aliphatic rings. The number of ether oxygens (including phenoxy) is 1. The quantitative estimate of drug-likeness (QED) is 0.306. The molecule has 1 aliphatic heterocycles. The minimum Gasteiger partial charge on any atom is -0.507 e. The molecule has 0 aliphatic carbocycles. The van der Waals surface area contributed by atoms with Crippen molar-refractivity contribution >= 4 is 50.8 Å². The van der Waals surface area contributed by atoms with Gasteiger partial charge in [-0.15, -0.1) is 0 Å². The average molecular weight is 500 g/mol. The fraction of sp³-hybridized carbons (Fsp3) is 0.0870. The summed E-state index contributed by atoms with van der Waals surface area (Å²) in [5.41, 5.74) is 0.979. The highest BCUT2D eigenvalue weighted by Gasteiger charge is 2.47. The molecule has 1 aromatic heterocycles. The van der Waals surface area contributed by atoms with Crippen molar-refractivity contribution in [3.63, 3.8) is 0 Å². The van der Waals surface area contributed by atoms with Crippen LogP contribution in [0.15, 0.2) is 76.9 Å². The van der Waals surface area contributed by atoms with E-state index in [-0.39, 0.29) is 11.3 Å². The lowest BCUT2D eigenvalue weighted by Crippen LogP contribution is -2.30. The van der Waals surface area contributed by atoms with Crippen LogP contribution in [0.5, 0.6) is 5.75 Å². The molecule has 0 radical (unpaired) electrons. The number of nitrogens with zero attached hydrogens (tertiary/aromatic N) is 2. The zero-order valence-electron chi connectivity index (χ0n) is 16.3. The number of carbonyl (C=O) groups excluding carboxylic acids is 2. The lowest BCUT2D eigenvalue weighted by molar-refractivity contribution is -0.132. The first-order chi connectivity index (χ1) is 14.9. The molecule has 1 unspecified atom stereocenters. The van der Waals surface area contributed by atoms with Crippen molar-refractivity contribution < 1.29 is 19.4 Å². The second-order valence-electron chi connectivity index (χ2n) is 6.78. The SMILES string of the molecule is COc1ccc(C2/C(=C(\O)c3ccc(Cl)cc3)C(=O)C(=O)N2c2ccc(Br)cn2)cc1. The summed E-state index contributed by atoms with van der Waals surface area (Å²) < 4.78 is 5.95. The summed E-state index contributed by atoms with van der Waals surface area (Å²) in [6.07, 6.45) is 1.54. The Morgan fingerprint density at radius 3 is 2.32 bits per heavy atom. The third kappa shape index (κ3) is 3.94. The van der Waals surface area contributed by atoms with Crippen LogP contribution in [0.3, 0.4) is 0 Å². The number of ketones is 1. The number of methoxy groups -OCH3 is 1. The van der Waals surface area contributed by atoms with E-state index in [2.05, 4.69) is 20.9 Å². The lowest BCUT2D eigenvalue weighted by atomic mass is 9.95. The molecule has 1 fully saturated rings. The molecule has 156 valence electrons. The number of hydrogen-bond donors (Lipinski definition) is 1. The van der Waals surface area contributed by atoms with Crippen LogP contribution in [0.1, 0.15) is 17.2 Å². The van der Waals surface area contributed by atoms with E-state index in [1.807, 2.05) is 0 Å². The van der Waals surface area contributed by atoms with E-state index in [1.54, 1.807) is 74.0 Å². The molecule has 6 nitrogen and oxygen atoms in total. The molecule has 8 heteroatoms. The Hall–Kier alpha value is -3.16. The molecule has 0 bridgehead atoms. The fourth-order valence-corrected chi connectivity index (χ4v) is 3.80. The molecule has 1 saturated heterocycles. The zero-order valence-corrected chi connectivity index (χ0v) is 18.6. The molecule has 0 spiro atoms. The molecule has 1 N–H and O–H groups in total. The Morgan fingerprint density at radius 1 is 1.06 bits per heavy atom. The highest BCUT2D eigenvalue weighted by atomic mass is 79.9. The number of aromatic nitrogens is 1. The monoisotopic (exact) mass is 498 g/mol. The molecule has 1 amide bonds. The van der Waals surface area contributed by atoms with Crippen molar-refractivity contribution in [3.05, 3.63) is 93.1 Å². The largest absolute Gasteiger partial charge is 0.507 e. The number of anilines is 1. The third-order valence-electron chi connectivity index (χ3n) is 4.95. The number of amides is 1. The third-order valence-corrected chi connectivity index (χ3v) is 5.67. The van der Waals surface area contributed by atoms with Crippen molar-refractivity contribution in [1.82, 2.24) is 4.98 Å². The standard InChI is InChI=1S/C23H16BrClN2O4/c1-31-17-9-4-13(5-10-17)20-19(21(28)14-2-7-16(25)8-3-14)22(29)23(30)27(20)18-11-6-15(24)12-26-18/h2-12,20,28H,1H3/b21-19+. The van der Waals surface area contributed by atoms with E-state index in [4.69, 9.17) is 16.3 Å². The van der Waals surface area contributed by atoms with Gasteiger partial charge in [0, 0.05) is 21.3 Å². The van der Waals surface area contributed by atoms with Gasteiger partial charge in [0.2, 0.25) is 0 Å². The summed E-state index contributed by atoms with van der Waals surface area (Å²) in [5, 5.41) is 11.5. The van der Waals surface area contributed by atoms with Crippen LogP contribution >= 0.6 is 27.5 Å². The number of carbonyl (C=O) groups is 2. The van der Waals surface area contributed by atoms with Gasteiger partial charge in [-0.1, -0.05) is 23.7 Å². The van der Waals surface area contributed by atoms with Crippen LogP contribution in [0.4, 0.5) is 5.82 Å². The maximum absolute atomic E-state index is 13.0. The topological polar surface area (TPSA) is 79.7 Å². The normalized spacial score (nSPS) is 17.8. The maximum Gasteiger partial charge on any atom is 0.301 e. The minimum absolute atomic E-state index is 0.0257. The Labute approximate surface area is 191 Å². The number of pyridine rings is 1. The van der Waals surface area contributed by atoms with E-state index >= 15 is 0 Å². The predicted octanol–water partition coefficient (Wildman–Crippen LogP) is 5.13. The molecule has 1 atom stereocenters. The van der Waals surface area contributed by atoms with Crippen molar-refractivity contribution in [2.24, 2.45) is 0 Å². The first kappa shape index (κ1) is 21.1. The van der Waals surface area contributed by atoms with Crippen LogP contribution < -0.4 is 9.64 Å². The summed E-state index contributed by atoms with van der Waals surface area (Å²) in [4.78, 5) is 31.7. The van der Waals surface area contributed by atoms with Gasteiger partial charge in [-0.2, -0.15) is 0 Å². The highest BCUT2D eigenvalue weighted by Crippen LogP contribution is 2.42. The summed E-state index contributed by atoms with van der Waals surface area (Å²) >= 11 is 9.27. The van der Waals surface area contributed by atoms with E-state index in [9.17, 15) is 14.7 Å². The summed E-state index contributed by atoms with van der Waals surface area (Å²) in [5.74, 6) is -0.930. The zero-order chi connectivity index (χ0) is 22.1. The van der Waals surface area contributed by atoms with Crippen LogP contribution in [0, 0.1) is 0 Å². The molecular formula is C23H16BrClN2O4. The molecular weight excluding hydrogens is 484 g/mol. The van der Waals surface area contributed by atoms with Gasteiger partial charge >= 0.3 is 5.91 Å². The van der Waals surface area contributed by atoms with E-state index in [1.165, 1.54) is 4.90 Å². The predicted molar refractivity (Wildman–Crippen MR) is 121 cm³/mol. The van der Waals surface area contributed by atoms with Crippen LogP contribution in [0.25, 0.3) is 5.76 Å². The summed E-state index contributed by atoms with van der Waals surface area (Å²) in [6.45, 7) is 0. The van der Waals surface area contributed by atoms with Gasteiger partial charge in [0.25, 0.3) is 5.78 Å². The number of benzene rings is 2. The second-order valence-corrected chi connectivity index (χ2v) is 8.14. The Kier molecular flexibility index (Phi) is 5.80. The smallest absolute Gasteiger partial charge is 0.301 e. The molecule has 4 rings (SSSR count). The van der Waals surface area contributed by atoms with Gasteiger partial charge in [-0.05, 0) is 70.0 Å². The van der Waals surface area contributed by atoms with Crippen LogP contribution in [-0.2, 0) is 9.59 Å². The van der Waals surface area contributed by atoms with Gasteiger partial charge in [-0.25, -0.2) is 4.98 Å². The van der Waals surface area contributed by atoms with Gasteiger partial charge < -0.3 is 9.84 Å².